The molecular formula is C16H30N2O3. The van der Waals surface area contributed by atoms with Crippen molar-refractivity contribution in [1.82, 2.24) is 10.2 Å². The van der Waals surface area contributed by atoms with E-state index in [1.807, 2.05) is 13.8 Å². The lowest BCUT2D eigenvalue weighted by Gasteiger charge is -2.38. The molecule has 0 aromatic heterocycles. The number of carbonyl (C=O) groups is 2. The molecule has 1 fully saturated rings. The van der Waals surface area contributed by atoms with E-state index in [2.05, 4.69) is 19.2 Å². The number of rotatable bonds is 9. The Hall–Kier alpha value is -1.10. The summed E-state index contributed by atoms with van der Waals surface area (Å²) in [5.41, 5.74) is 0. The van der Waals surface area contributed by atoms with Gasteiger partial charge in [0.05, 0.1) is 6.61 Å². The van der Waals surface area contributed by atoms with Crippen LogP contribution >= 0.6 is 0 Å². The highest BCUT2D eigenvalue weighted by molar-refractivity contribution is 5.96. The number of nitrogens with one attached hydrogen (secondary N) is 1. The smallest absolute Gasteiger partial charge is 0.245 e. The van der Waals surface area contributed by atoms with Crippen LogP contribution in [0.2, 0.25) is 0 Å². The number of hydrogen-bond acceptors (Lipinski definition) is 3. The zero-order chi connectivity index (χ0) is 15.8. The number of ether oxygens (including phenoxy) is 1. The number of carbonyl (C=O) groups excluding carboxylic acids is 2. The van der Waals surface area contributed by atoms with E-state index in [4.69, 9.17) is 4.74 Å². The maximum absolute atomic E-state index is 12.4. The van der Waals surface area contributed by atoms with E-state index in [1.54, 1.807) is 4.90 Å². The third kappa shape index (κ3) is 5.30. The summed E-state index contributed by atoms with van der Waals surface area (Å²) in [7, 11) is 0. The van der Waals surface area contributed by atoms with E-state index in [0.29, 0.717) is 38.5 Å². The van der Waals surface area contributed by atoms with Gasteiger partial charge >= 0.3 is 0 Å². The summed E-state index contributed by atoms with van der Waals surface area (Å²) < 4.78 is 5.60. The first-order chi connectivity index (χ1) is 10.0. The molecule has 0 spiro atoms. The molecule has 5 heteroatoms. The van der Waals surface area contributed by atoms with Crippen LogP contribution in [0.15, 0.2) is 0 Å². The lowest BCUT2D eigenvalue weighted by Crippen LogP contribution is -2.63. The van der Waals surface area contributed by atoms with E-state index in [1.165, 1.54) is 0 Å². The maximum atomic E-state index is 12.4. The van der Waals surface area contributed by atoms with Gasteiger partial charge in [0, 0.05) is 13.2 Å². The van der Waals surface area contributed by atoms with Crippen molar-refractivity contribution in [1.29, 1.82) is 0 Å². The third-order valence-corrected chi connectivity index (χ3v) is 3.86. The minimum Gasteiger partial charge on any atom is -0.380 e. The van der Waals surface area contributed by atoms with Gasteiger partial charge in [-0.3, -0.25) is 9.59 Å². The molecule has 0 radical (unpaired) electrons. The van der Waals surface area contributed by atoms with Crippen molar-refractivity contribution in [2.75, 3.05) is 19.8 Å². The van der Waals surface area contributed by atoms with Crippen LogP contribution in [0.1, 0.15) is 53.4 Å². The van der Waals surface area contributed by atoms with Gasteiger partial charge in [-0.1, -0.05) is 34.1 Å². The second kappa shape index (κ2) is 9.03. The second-order valence-electron chi connectivity index (χ2n) is 6.10. The van der Waals surface area contributed by atoms with Crippen molar-refractivity contribution >= 4 is 11.8 Å². The first-order valence-electron chi connectivity index (χ1n) is 8.19. The highest BCUT2D eigenvalue weighted by Crippen LogP contribution is 2.16. The minimum atomic E-state index is -0.374. The Labute approximate surface area is 128 Å². The molecule has 1 saturated heterocycles. The predicted molar refractivity (Wildman–Crippen MR) is 82.9 cm³/mol. The van der Waals surface area contributed by atoms with Gasteiger partial charge in [0.25, 0.3) is 0 Å². The SMILES string of the molecule is CCCC1C(=O)NC(CC)C(=O)N1CCOCCC(C)C. The van der Waals surface area contributed by atoms with Crippen LogP contribution in [0.25, 0.3) is 0 Å². The molecule has 2 amide bonds. The number of hydrogen-bond donors (Lipinski definition) is 1. The van der Waals surface area contributed by atoms with Gasteiger partial charge in [-0.25, -0.2) is 0 Å². The van der Waals surface area contributed by atoms with Crippen molar-refractivity contribution in [3.05, 3.63) is 0 Å². The van der Waals surface area contributed by atoms with E-state index < -0.39 is 0 Å². The average molecular weight is 298 g/mol. The molecule has 21 heavy (non-hydrogen) atoms. The zero-order valence-corrected chi connectivity index (χ0v) is 13.9. The Balaban J connectivity index is 2.54. The van der Waals surface area contributed by atoms with Gasteiger partial charge in [0.2, 0.25) is 11.8 Å². The molecule has 1 aliphatic rings. The predicted octanol–water partition coefficient (Wildman–Crippen LogP) is 1.95. The fraction of sp³-hybridized carbons (Fsp3) is 0.875. The highest BCUT2D eigenvalue weighted by atomic mass is 16.5. The van der Waals surface area contributed by atoms with Crippen molar-refractivity contribution in [2.24, 2.45) is 5.92 Å². The van der Waals surface area contributed by atoms with Gasteiger partial charge in [-0.15, -0.1) is 0 Å². The Bertz CT molecular complexity index is 344. The monoisotopic (exact) mass is 298 g/mol. The van der Waals surface area contributed by atoms with Crippen molar-refractivity contribution in [3.8, 4) is 0 Å². The highest BCUT2D eigenvalue weighted by Gasteiger charge is 2.38. The van der Waals surface area contributed by atoms with E-state index in [-0.39, 0.29) is 23.9 Å². The molecular weight excluding hydrogens is 268 g/mol. The van der Waals surface area contributed by atoms with Crippen LogP contribution in [0.4, 0.5) is 0 Å². The fourth-order valence-corrected chi connectivity index (χ4v) is 2.51. The van der Waals surface area contributed by atoms with E-state index >= 15 is 0 Å². The van der Waals surface area contributed by atoms with E-state index in [9.17, 15) is 9.59 Å². The summed E-state index contributed by atoms with van der Waals surface area (Å²) in [6.45, 7) is 9.98. The molecule has 1 N–H and O–H groups in total. The van der Waals surface area contributed by atoms with Gasteiger partial charge < -0.3 is 15.0 Å². The lowest BCUT2D eigenvalue weighted by atomic mass is 10.0. The first-order valence-corrected chi connectivity index (χ1v) is 8.19. The fourth-order valence-electron chi connectivity index (χ4n) is 2.51. The second-order valence-corrected chi connectivity index (χ2v) is 6.10. The minimum absolute atomic E-state index is 0.0227. The average Bonchev–Trinajstić information content (AvgIpc) is 2.44. The molecule has 0 aromatic rings. The standard InChI is InChI=1S/C16H30N2O3/c1-5-7-14-15(19)17-13(6-2)16(20)18(14)9-11-21-10-8-12(3)4/h12-14H,5-11H2,1-4H3,(H,17,19). The zero-order valence-electron chi connectivity index (χ0n) is 13.9. The van der Waals surface area contributed by atoms with Gasteiger partial charge in [0.1, 0.15) is 12.1 Å². The molecule has 1 aliphatic heterocycles. The molecule has 0 saturated carbocycles. The summed E-state index contributed by atoms with van der Waals surface area (Å²) in [5.74, 6) is 0.623. The van der Waals surface area contributed by atoms with Crippen molar-refractivity contribution < 1.29 is 14.3 Å². The molecule has 0 aliphatic carbocycles. The topological polar surface area (TPSA) is 58.6 Å². The number of amides is 2. The Morgan fingerprint density at radius 2 is 1.95 bits per heavy atom. The maximum Gasteiger partial charge on any atom is 0.245 e. The summed E-state index contributed by atoms with van der Waals surface area (Å²) in [4.78, 5) is 26.3. The summed E-state index contributed by atoms with van der Waals surface area (Å²) in [6.07, 6.45) is 3.24. The molecule has 1 heterocycles. The van der Waals surface area contributed by atoms with Crippen molar-refractivity contribution in [3.63, 3.8) is 0 Å². The first kappa shape index (κ1) is 18.0. The van der Waals surface area contributed by atoms with Crippen LogP contribution < -0.4 is 5.32 Å². The van der Waals surface area contributed by atoms with Crippen molar-refractivity contribution in [2.45, 2.75) is 65.5 Å². The van der Waals surface area contributed by atoms with Crippen LogP contribution in [0.5, 0.6) is 0 Å². The summed E-state index contributed by atoms with van der Waals surface area (Å²) in [5, 5.41) is 2.83. The number of nitrogens with zero attached hydrogens (tertiary/aromatic N) is 1. The Morgan fingerprint density at radius 3 is 2.52 bits per heavy atom. The van der Waals surface area contributed by atoms with Crippen LogP contribution in [0, 0.1) is 5.92 Å². The quantitative estimate of drug-likeness (QED) is 0.662. The molecule has 2 atom stereocenters. The van der Waals surface area contributed by atoms with Crippen LogP contribution in [-0.2, 0) is 14.3 Å². The van der Waals surface area contributed by atoms with E-state index in [0.717, 1.165) is 12.8 Å². The molecule has 122 valence electrons. The normalized spacial score (nSPS) is 22.8. The Kier molecular flexibility index (Phi) is 7.72. The molecule has 0 bridgehead atoms. The lowest BCUT2D eigenvalue weighted by molar-refractivity contribution is -0.150. The summed E-state index contributed by atoms with van der Waals surface area (Å²) in [6, 6.07) is -0.708. The van der Waals surface area contributed by atoms with Gasteiger partial charge in [-0.2, -0.15) is 0 Å². The third-order valence-electron chi connectivity index (χ3n) is 3.86. The summed E-state index contributed by atoms with van der Waals surface area (Å²) >= 11 is 0. The molecule has 0 aromatic carbocycles. The van der Waals surface area contributed by atoms with Crippen LogP contribution in [0.3, 0.4) is 0 Å². The van der Waals surface area contributed by atoms with Gasteiger partial charge in [-0.05, 0) is 25.2 Å². The molecule has 5 nitrogen and oxygen atoms in total. The number of piperazine rings is 1. The van der Waals surface area contributed by atoms with Gasteiger partial charge in [0.15, 0.2) is 0 Å². The largest absolute Gasteiger partial charge is 0.380 e. The molecule has 1 rings (SSSR count). The van der Waals surface area contributed by atoms with Crippen LogP contribution in [-0.4, -0.2) is 48.6 Å². The Morgan fingerprint density at radius 1 is 1.24 bits per heavy atom. The molecule has 2 unspecified atom stereocenters.